The number of benzene rings is 1. The molecule has 1 heterocycles. The topological polar surface area (TPSA) is 55.6 Å². The van der Waals surface area contributed by atoms with Crippen molar-refractivity contribution in [2.75, 3.05) is 30.8 Å². The predicted octanol–water partition coefficient (Wildman–Crippen LogP) is 3.38. The van der Waals surface area contributed by atoms with Gasteiger partial charge in [0.2, 0.25) is 0 Å². The third-order valence-corrected chi connectivity index (χ3v) is 4.97. The van der Waals surface area contributed by atoms with Crippen LogP contribution < -0.4 is 10.6 Å². The van der Waals surface area contributed by atoms with Gasteiger partial charge in [0.25, 0.3) is 0 Å². The molecule has 0 radical (unpaired) electrons. The van der Waals surface area contributed by atoms with Gasteiger partial charge in [-0.15, -0.1) is 0 Å². The van der Waals surface area contributed by atoms with E-state index in [1.54, 1.807) is 0 Å². The van der Waals surface area contributed by atoms with Crippen LogP contribution in [0.1, 0.15) is 49.0 Å². The molecule has 0 aromatic heterocycles. The second-order valence-electron chi connectivity index (χ2n) is 6.37. The number of nitrogen functional groups attached to an aromatic ring is 1. The zero-order valence-corrected chi connectivity index (χ0v) is 13.5. The Labute approximate surface area is 127 Å². The highest BCUT2D eigenvalue weighted by Gasteiger charge is 2.29. The molecule has 0 bridgehead atoms. The van der Waals surface area contributed by atoms with Crippen LogP contribution in [0.25, 0.3) is 0 Å². The number of anilines is 2. The Balaban J connectivity index is 2.25. The van der Waals surface area contributed by atoms with Crippen LogP contribution in [0.5, 0.6) is 0 Å². The molecule has 1 fully saturated rings. The minimum atomic E-state index is -0.368. The SMILES string of the molecule is CCC1(C)CCN(c2cc(C)c(N)c(C(=O)OC)c2)CC1. The summed E-state index contributed by atoms with van der Waals surface area (Å²) in [5, 5.41) is 0. The molecule has 1 aromatic carbocycles. The van der Waals surface area contributed by atoms with E-state index in [1.165, 1.54) is 26.4 Å². The zero-order valence-electron chi connectivity index (χ0n) is 13.5. The van der Waals surface area contributed by atoms with E-state index in [2.05, 4.69) is 24.8 Å². The van der Waals surface area contributed by atoms with Crippen molar-refractivity contribution >= 4 is 17.3 Å². The second kappa shape index (κ2) is 5.96. The quantitative estimate of drug-likeness (QED) is 0.685. The maximum atomic E-state index is 11.9. The first kappa shape index (κ1) is 15.7. The van der Waals surface area contributed by atoms with E-state index in [-0.39, 0.29) is 5.97 Å². The van der Waals surface area contributed by atoms with Crippen LogP contribution in [0.15, 0.2) is 12.1 Å². The van der Waals surface area contributed by atoms with E-state index in [9.17, 15) is 4.79 Å². The van der Waals surface area contributed by atoms with Crippen molar-refractivity contribution in [3.63, 3.8) is 0 Å². The van der Waals surface area contributed by atoms with Crippen LogP contribution in [0.2, 0.25) is 0 Å². The normalized spacial score (nSPS) is 17.6. The Hall–Kier alpha value is -1.71. The number of esters is 1. The molecule has 116 valence electrons. The van der Waals surface area contributed by atoms with Crippen molar-refractivity contribution in [1.29, 1.82) is 0 Å². The summed E-state index contributed by atoms with van der Waals surface area (Å²) in [5.74, 6) is -0.368. The molecule has 0 amide bonds. The number of carbonyl (C=O) groups is 1. The van der Waals surface area contributed by atoms with Crippen LogP contribution in [0, 0.1) is 12.3 Å². The van der Waals surface area contributed by atoms with E-state index >= 15 is 0 Å². The van der Waals surface area contributed by atoms with Crippen molar-refractivity contribution in [2.45, 2.75) is 40.0 Å². The van der Waals surface area contributed by atoms with Gasteiger partial charge < -0.3 is 15.4 Å². The number of hydrogen-bond acceptors (Lipinski definition) is 4. The van der Waals surface area contributed by atoms with E-state index in [0.29, 0.717) is 16.7 Å². The van der Waals surface area contributed by atoms with Crippen LogP contribution in [0.4, 0.5) is 11.4 Å². The summed E-state index contributed by atoms with van der Waals surface area (Å²) in [4.78, 5) is 14.2. The first-order valence-electron chi connectivity index (χ1n) is 7.63. The lowest BCUT2D eigenvalue weighted by Crippen LogP contribution is -2.38. The molecule has 1 aromatic rings. The molecule has 1 saturated heterocycles. The Kier molecular flexibility index (Phi) is 4.45. The minimum Gasteiger partial charge on any atom is -0.465 e. The van der Waals surface area contributed by atoms with Crippen molar-refractivity contribution in [3.05, 3.63) is 23.3 Å². The molecule has 0 atom stereocenters. The highest BCUT2D eigenvalue weighted by atomic mass is 16.5. The van der Waals surface area contributed by atoms with Gasteiger partial charge in [-0.1, -0.05) is 20.3 Å². The molecular formula is C17H26N2O2. The Morgan fingerprint density at radius 1 is 1.38 bits per heavy atom. The molecule has 0 saturated carbocycles. The van der Waals surface area contributed by atoms with E-state index in [1.807, 2.05) is 13.0 Å². The smallest absolute Gasteiger partial charge is 0.340 e. The lowest BCUT2D eigenvalue weighted by molar-refractivity contribution is 0.0602. The van der Waals surface area contributed by atoms with E-state index in [0.717, 1.165) is 24.3 Å². The highest BCUT2D eigenvalue weighted by Crippen LogP contribution is 2.36. The zero-order chi connectivity index (χ0) is 15.6. The van der Waals surface area contributed by atoms with Crippen LogP contribution >= 0.6 is 0 Å². The summed E-state index contributed by atoms with van der Waals surface area (Å²) in [6.07, 6.45) is 3.58. The number of methoxy groups -OCH3 is 1. The van der Waals surface area contributed by atoms with Gasteiger partial charge >= 0.3 is 5.97 Å². The summed E-state index contributed by atoms with van der Waals surface area (Å²) in [6, 6.07) is 3.93. The van der Waals surface area contributed by atoms with Crippen LogP contribution in [-0.2, 0) is 4.74 Å². The minimum absolute atomic E-state index is 0.368. The molecule has 1 aliphatic rings. The van der Waals surface area contributed by atoms with Crippen molar-refractivity contribution < 1.29 is 9.53 Å². The number of rotatable bonds is 3. The molecule has 0 spiro atoms. The fourth-order valence-corrected chi connectivity index (χ4v) is 2.90. The van der Waals surface area contributed by atoms with Gasteiger partial charge in [0.1, 0.15) is 0 Å². The number of aryl methyl sites for hydroxylation is 1. The molecule has 2 N–H and O–H groups in total. The van der Waals surface area contributed by atoms with Gasteiger partial charge in [0, 0.05) is 24.5 Å². The molecule has 2 rings (SSSR count). The number of hydrogen-bond donors (Lipinski definition) is 1. The number of nitrogens with zero attached hydrogens (tertiary/aromatic N) is 1. The Bertz CT molecular complexity index is 532. The first-order chi connectivity index (χ1) is 9.90. The molecule has 0 unspecified atom stereocenters. The predicted molar refractivity (Wildman–Crippen MR) is 86.8 cm³/mol. The van der Waals surface area contributed by atoms with E-state index < -0.39 is 0 Å². The van der Waals surface area contributed by atoms with Crippen molar-refractivity contribution in [3.8, 4) is 0 Å². The lowest BCUT2D eigenvalue weighted by Gasteiger charge is -2.40. The van der Waals surface area contributed by atoms with Gasteiger partial charge in [0.05, 0.1) is 12.7 Å². The van der Waals surface area contributed by atoms with Gasteiger partial charge in [-0.2, -0.15) is 0 Å². The average Bonchev–Trinajstić information content (AvgIpc) is 2.50. The van der Waals surface area contributed by atoms with Crippen molar-refractivity contribution in [2.24, 2.45) is 5.41 Å². The summed E-state index contributed by atoms with van der Waals surface area (Å²) in [5.41, 5.74) is 9.43. The highest BCUT2D eigenvalue weighted by molar-refractivity contribution is 5.97. The summed E-state index contributed by atoms with van der Waals surface area (Å²) in [7, 11) is 1.39. The van der Waals surface area contributed by atoms with Gasteiger partial charge in [0.15, 0.2) is 0 Å². The average molecular weight is 290 g/mol. The Morgan fingerprint density at radius 2 is 2.00 bits per heavy atom. The molecule has 1 aliphatic heterocycles. The monoisotopic (exact) mass is 290 g/mol. The summed E-state index contributed by atoms with van der Waals surface area (Å²) < 4.78 is 4.83. The number of ether oxygens (including phenoxy) is 1. The second-order valence-corrected chi connectivity index (χ2v) is 6.37. The Morgan fingerprint density at radius 3 is 2.52 bits per heavy atom. The van der Waals surface area contributed by atoms with Gasteiger partial charge in [-0.25, -0.2) is 4.79 Å². The van der Waals surface area contributed by atoms with Crippen LogP contribution in [0.3, 0.4) is 0 Å². The molecular weight excluding hydrogens is 264 g/mol. The first-order valence-corrected chi connectivity index (χ1v) is 7.63. The molecule has 4 nitrogen and oxygen atoms in total. The fraction of sp³-hybridized carbons (Fsp3) is 0.588. The summed E-state index contributed by atoms with van der Waals surface area (Å²) >= 11 is 0. The third-order valence-electron chi connectivity index (χ3n) is 4.97. The maximum Gasteiger partial charge on any atom is 0.340 e. The summed E-state index contributed by atoms with van der Waals surface area (Å²) in [6.45, 7) is 8.60. The number of nitrogens with two attached hydrogens (primary N) is 1. The van der Waals surface area contributed by atoms with E-state index in [4.69, 9.17) is 10.5 Å². The van der Waals surface area contributed by atoms with Gasteiger partial charge in [-0.3, -0.25) is 0 Å². The van der Waals surface area contributed by atoms with Gasteiger partial charge in [-0.05, 0) is 42.9 Å². The molecule has 0 aliphatic carbocycles. The maximum absolute atomic E-state index is 11.9. The molecule has 21 heavy (non-hydrogen) atoms. The standard InChI is InChI=1S/C17H26N2O2/c1-5-17(3)6-8-19(9-7-17)13-10-12(2)15(18)14(11-13)16(20)21-4/h10-11H,5-9,18H2,1-4H3. The number of piperidine rings is 1. The third kappa shape index (κ3) is 3.14. The van der Waals surface area contributed by atoms with Crippen LogP contribution in [-0.4, -0.2) is 26.2 Å². The molecule has 4 heteroatoms. The number of carbonyl (C=O) groups excluding carboxylic acids is 1. The lowest BCUT2D eigenvalue weighted by atomic mass is 9.78. The fourth-order valence-electron chi connectivity index (χ4n) is 2.90. The largest absolute Gasteiger partial charge is 0.465 e. The van der Waals surface area contributed by atoms with Crippen molar-refractivity contribution in [1.82, 2.24) is 0 Å².